The quantitative estimate of drug-likeness (QED) is 0.680. The molecule has 0 amide bonds. The number of hydrogen-bond acceptors (Lipinski definition) is 2. The van der Waals surface area contributed by atoms with E-state index in [2.05, 4.69) is 6.92 Å². The van der Waals surface area contributed by atoms with Crippen molar-refractivity contribution in [2.45, 2.75) is 51.0 Å². The summed E-state index contributed by atoms with van der Waals surface area (Å²) in [7, 11) is 0. The summed E-state index contributed by atoms with van der Waals surface area (Å²) >= 11 is 0. The molecule has 0 heterocycles. The Balaban J connectivity index is 2.55. The number of aliphatic hydroxyl groups excluding tert-OH is 1. The van der Waals surface area contributed by atoms with E-state index in [4.69, 9.17) is 5.11 Å². The summed E-state index contributed by atoms with van der Waals surface area (Å²) in [6, 6.07) is 0. The maximum absolute atomic E-state index is 10.2. The molecule has 2 N–H and O–H groups in total. The van der Waals surface area contributed by atoms with E-state index in [0.717, 1.165) is 38.5 Å². The first kappa shape index (κ1) is 10.0. The van der Waals surface area contributed by atoms with Crippen LogP contribution in [0.15, 0.2) is 0 Å². The highest BCUT2D eigenvalue weighted by Gasteiger charge is 2.37. The Morgan fingerprint density at radius 3 is 2.75 bits per heavy atom. The van der Waals surface area contributed by atoms with Gasteiger partial charge < -0.3 is 10.2 Å². The van der Waals surface area contributed by atoms with E-state index in [9.17, 15) is 5.11 Å². The van der Waals surface area contributed by atoms with Gasteiger partial charge in [-0.05, 0) is 19.3 Å². The first-order chi connectivity index (χ1) is 5.73. The zero-order valence-corrected chi connectivity index (χ0v) is 7.92. The van der Waals surface area contributed by atoms with E-state index in [1.807, 2.05) is 0 Å². The van der Waals surface area contributed by atoms with Gasteiger partial charge in [0, 0.05) is 12.5 Å². The molecule has 2 heteroatoms. The minimum atomic E-state index is -0.554. The highest BCUT2D eigenvalue weighted by molar-refractivity contribution is 4.89. The second kappa shape index (κ2) is 4.24. The van der Waals surface area contributed by atoms with Crippen molar-refractivity contribution in [3.05, 3.63) is 0 Å². The van der Waals surface area contributed by atoms with Crippen molar-refractivity contribution in [1.29, 1.82) is 0 Å². The van der Waals surface area contributed by atoms with Gasteiger partial charge in [-0.2, -0.15) is 0 Å². The van der Waals surface area contributed by atoms with Crippen LogP contribution in [0.2, 0.25) is 0 Å². The lowest BCUT2D eigenvalue weighted by Crippen LogP contribution is -2.42. The van der Waals surface area contributed by atoms with Crippen molar-refractivity contribution >= 4 is 0 Å². The van der Waals surface area contributed by atoms with E-state index in [1.54, 1.807) is 0 Å². The minimum absolute atomic E-state index is 0.131. The van der Waals surface area contributed by atoms with Gasteiger partial charge in [-0.25, -0.2) is 0 Å². The molecule has 12 heavy (non-hydrogen) atoms. The molecule has 2 unspecified atom stereocenters. The number of hydrogen-bond donors (Lipinski definition) is 2. The largest absolute Gasteiger partial charge is 0.396 e. The lowest BCUT2D eigenvalue weighted by atomic mass is 9.73. The summed E-state index contributed by atoms with van der Waals surface area (Å²) < 4.78 is 0. The fraction of sp³-hybridized carbons (Fsp3) is 1.00. The Kier molecular flexibility index (Phi) is 3.53. The lowest BCUT2D eigenvalue weighted by Gasteiger charge is -2.39. The molecule has 1 rings (SSSR count). The number of rotatable bonds is 3. The third kappa shape index (κ3) is 1.99. The highest BCUT2D eigenvalue weighted by Crippen LogP contribution is 2.36. The molecule has 72 valence electrons. The number of aliphatic hydroxyl groups is 2. The Labute approximate surface area is 74.6 Å². The first-order valence-electron chi connectivity index (χ1n) is 5.06. The van der Waals surface area contributed by atoms with Gasteiger partial charge in [0.05, 0.1) is 5.60 Å². The van der Waals surface area contributed by atoms with Gasteiger partial charge in [-0.15, -0.1) is 0 Å². The average Bonchev–Trinajstić information content (AvgIpc) is 2.05. The van der Waals surface area contributed by atoms with Crippen LogP contribution >= 0.6 is 0 Å². The maximum atomic E-state index is 10.2. The van der Waals surface area contributed by atoms with Crippen LogP contribution in [0.5, 0.6) is 0 Å². The molecule has 0 aromatic heterocycles. The zero-order valence-electron chi connectivity index (χ0n) is 7.92. The summed E-state index contributed by atoms with van der Waals surface area (Å²) in [5, 5.41) is 19.3. The molecule has 0 bridgehead atoms. The molecule has 1 fully saturated rings. The highest BCUT2D eigenvalue weighted by atomic mass is 16.3. The smallest absolute Gasteiger partial charge is 0.0697 e. The second-order valence-electron chi connectivity index (χ2n) is 3.98. The standard InChI is InChI=1S/C10H20O2/c1-2-6-10(12)7-4-3-5-9(10)8-11/h9,11-12H,2-8H2,1H3. The van der Waals surface area contributed by atoms with Crippen LogP contribution in [0, 0.1) is 5.92 Å². The topological polar surface area (TPSA) is 40.5 Å². The Bertz CT molecular complexity index is 132. The van der Waals surface area contributed by atoms with E-state index in [1.165, 1.54) is 0 Å². The predicted octanol–water partition coefficient (Wildman–Crippen LogP) is 1.70. The van der Waals surface area contributed by atoms with Crippen molar-refractivity contribution in [2.24, 2.45) is 5.92 Å². The SMILES string of the molecule is CCCC1(O)CCCCC1CO. The molecule has 0 aromatic rings. The van der Waals surface area contributed by atoms with E-state index in [0.29, 0.717) is 0 Å². The summed E-state index contributed by atoms with van der Waals surface area (Å²) in [6.07, 6.45) is 6.01. The second-order valence-corrected chi connectivity index (χ2v) is 3.98. The summed E-state index contributed by atoms with van der Waals surface area (Å²) in [5.41, 5.74) is -0.554. The molecular weight excluding hydrogens is 152 g/mol. The molecule has 2 atom stereocenters. The monoisotopic (exact) mass is 172 g/mol. The Hall–Kier alpha value is -0.0800. The zero-order chi connectivity index (χ0) is 9.03. The van der Waals surface area contributed by atoms with Gasteiger partial charge >= 0.3 is 0 Å². The molecule has 1 aliphatic carbocycles. The van der Waals surface area contributed by atoms with Crippen molar-refractivity contribution in [1.82, 2.24) is 0 Å². The molecule has 2 nitrogen and oxygen atoms in total. The predicted molar refractivity (Wildman–Crippen MR) is 48.9 cm³/mol. The Morgan fingerprint density at radius 2 is 2.17 bits per heavy atom. The fourth-order valence-electron chi connectivity index (χ4n) is 2.32. The van der Waals surface area contributed by atoms with Crippen LogP contribution in [0.4, 0.5) is 0 Å². The van der Waals surface area contributed by atoms with Crippen molar-refractivity contribution in [3.8, 4) is 0 Å². The van der Waals surface area contributed by atoms with Crippen molar-refractivity contribution < 1.29 is 10.2 Å². The maximum Gasteiger partial charge on any atom is 0.0697 e. The molecule has 0 aromatic carbocycles. The van der Waals surface area contributed by atoms with E-state index >= 15 is 0 Å². The molecule has 0 radical (unpaired) electrons. The third-order valence-electron chi connectivity index (χ3n) is 3.08. The molecule has 0 aliphatic heterocycles. The van der Waals surface area contributed by atoms with Crippen LogP contribution in [-0.4, -0.2) is 22.4 Å². The van der Waals surface area contributed by atoms with Crippen molar-refractivity contribution in [3.63, 3.8) is 0 Å². The molecule has 1 saturated carbocycles. The third-order valence-corrected chi connectivity index (χ3v) is 3.08. The van der Waals surface area contributed by atoms with Crippen LogP contribution in [0.3, 0.4) is 0 Å². The van der Waals surface area contributed by atoms with Gasteiger partial charge in [-0.1, -0.05) is 26.2 Å². The van der Waals surface area contributed by atoms with Gasteiger partial charge in [0.25, 0.3) is 0 Å². The van der Waals surface area contributed by atoms with E-state index < -0.39 is 5.60 Å². The minimum Gasteiger partial charge on any atom is -0.396 e. The van der Waals surface area contributed by atoms with Crippen LogP contribution in [0.1, 0.15) is 45.4 Å². The van der Waals surface area contributed by atoms with Gasteiger partial charge in [-0.3, -0.25) is 0 Å². The van der Waals surface area contributed by atoms with Crippen LogP contribution in [0.25, 0.3) is 0 Å². The van der Waals surface area contributed by atoms with Gasteiger partial charge in [0.1, 0.15) is 0 Å². The Morgan fingerprint density at radius 1 is 1.42 bits per heavy atom. The average molecular weight is 172 g/mol. The summed E-state index contributed by atoms with van der Waals surface area (Å²) in [5.74, 6) is 0.131. The molecule has 0 spiro atoms. The molecular formula is C10H20O2. The van der Waals surface area contributed by atoms with E-state index in [-0.39, 0.29) is 12.5 Å². The van der Waals surface area contributed by atoms with Crippen LogP contribution < -0.4 is 0 Å². The van der Waals surface area contributed by atoms with Gasteiger partial charge in [0.2, 0.25) is 0 Å². The fourth-order valence-corrected chi connectivity index (χ4v) is 2.32. The normalized spacial score (nSPS) is 36.8. The van der Waals surface area contributed by atoms with Crippen LogP contribution in [-0.2, 0) is 0 Å². The van der Waals surface area contributed by atoms with Gasteiger partial charge in [0.15, 0.2) is 0 Å². The lowest BCUT2D eigenvalue weighted by molar-refractivity contribution is -0.0730. The van der Waals surface area contributed by atoms with Crippen molar-refractivity contribution in [2.75, 3.05) is 6.61 Å². The molecule has 1 aliphatic rings. The summed E-state index contributed by atoms with van der Waals surface area (Å²) in [6.45, 7) is 2.23. The summed E-state index contributed by atoms with van der Waals surface area (Å²) in [4.78, 5) is 0. The first-order valence-corrected chi connectivity index (χ1v) is 5.06. The molecule has 0 saturated heterocycles.